The fourth-order valence-corrected chi connectivity index (χ4v) is 5.06. The lowest BCUT2D eigenvalue weighted by atomic mass is 9.92. The number of hydrogen-bond acceptors (Lipinski definition) is 7. The smallest absolute Gasteiger partial charge is 0.223 e. The number of hydrogen-bond donors (Lipinski definition) is 4. The van der Waals surface area contributed by atoms with E-state index in [1.807, 2.05) is 19.3 Å². The fraction of sp³-hybridized carbons (Fsp3) is 0.357. The van der Waals surface area contributed by atoms with Gasteiger partial charge in [0.15, 0.2) is 0 Å². The maximum absolute atomic E-state index is 11.5. The Balaban J connectivity index is 1.47. The molecule has 2 aromatic carbocycles. The molecule has 9 nitrogen and oxygen atoms in total. The van der Waals surface area contributed by atoms with Crippen molar-refractivity contribution in [2.45, 2.75) is 58.0 Å². The van der Waals surface area contributed by atoms with Gasteiger partial charge in [0.05, 0.1) is 22.6 Å². The third-order valence-electron chi connectivity index (χ3n) is 7.05. The van der Waals surface area contributed by atoms with Gasteiger partial charge in [0, 0.05) is 48.8 Å². The molecule has 1 aliphatic carbocycles. The van der Waals surface area contributed by atoms with Crippen LogP contribution in [-0.2, 0) is 18.3 Å². The molecule has 0 bridgehead atoms. The molecule has 2 aromatic heterocycles. The van der Waals surface area contributed by atoms with Crippen LogP contribution in [0.4, 0.5) is 11.6 Å². The third kappa shape index (κ3) is 5.13. The molecule has 0 spiro atoms. The van der Waals surface area contributed by atoms with Crippen molar-refractivity contribution in [2.24, 2.45) is 12.8 Å². The molecule has 9 heteroatoms. The summed E-state index contributed by atoms with van der Waals surface area (Å²) in [5.41, 5.74) is 11.5. The summed E-state index contributed by atoms with van der Waals surface area (Å²) in [6, 6.07) is 12.1. The lowest BCUT2D eigenvalue weighted by Crippen LogP contribution is -2.33. The number of nitrogens with one attached hydrogen (secondary N) is 2. The van der Waals surface area contributed by atoms with Gasteiger partial charge >= 0.3 is 0 Å². The predicted molar refractivity (Wildman–Crippen MR) is 146 cm³/mol. The minimum absolute atomic E-state index is 0.0107. The normalized spacial score (nSPS) is 17.6. The van der Waals surface area contributed by atoms with Crippen molar-refractivity contribution >= 4 is 28.4 Å². The first-order valence-corrected chi connectivity index (χ1v) is 12.8. The molecule has 0 saturated heterocycles. The van der Waals surface area contributed by atoms with Crippen molar-refractivity contribution in [1.82, 2.24) is 19.7 Å². The molecule has 0 radical (unpaired) electrons. The van der Waals surface area contributed by atoms with Crippen LogP contribution in [-0.4, -0.2) is 42.8 Å². The Labute approximate surface area is 216 Å². The number of aromatic nitrogens is 4. The summed E-state index contributed by atoms with van der Waals surface area (Å²) < 4.78 is 1.80. The molecule has 0 atom stereocenters. The minimum Gasteiger partial charge on any atom is -0.505 e. The van der Waals surface area contributed by atoms with Crippen molar-refractivity contribution in [2.75, 3.05) is 10.6 Å². The molecule has 1 fully saturated rings. The first kappa shape index (κ1) is 24.7. The van der Waals surface area contributed by atoms with Gasteiger partial charge in [-0.25, -0.2) is 9.97 Å². The predicted octanol–water partition coefficient (Wildman–Crippen LogP) is 4.61. The lowest BCUT2D eigenvalue weighted by molar-refractivity contribution is -0.114. The zero-order valence-corrected chi connectivity index (χ0v) is 21.5. The summed E-state index contributed by atoms with van der Waals surface area (Å²) in [6.07, 6.45) is 6.82. The van der Waals surface area contributed by atoms with Gasteiger partial charge in [0.1, 0.15) is 5.75 Å². The van der Waals surface area contributed by atoms with Crippen LogP contribution in [0.15, 0.2) is 42.6 Å². The number of para-hydroxylation sites is 1. The highest BCUT2D eigenvalue weighted by Gasteiger charge is 2.20. The maximum atomic E-state index is 11.5. The van der Waals surface area contributed by atoms with E-state index in [1.54, 1.807) is 22.9 Å². The average molecular weight is 500 g/mol. The summed E-state index contributed by atoms with van der Waals surface area (Å²) in [4.78, 5) is 21.0. The number of carbonyl (C=O) groups is 1. The number of benzene rings is 2. The number of carbonyl (C=O) groups excluding carboxylic acids is 1. The number of phenolic OH excluding ortho intramolecular Hbond substituents is 1. The van der Waals surface area contributed by atoms with Crippen LogP contribution in [0.3, 0.4) is 0 Å². The number of nitrogens with zero attached hydrogens (tertiary/aromatic N) is 4. The van der Waals surface area contributed by atoms with E-state index < -0.39 is 0 Å². The Hall–Kier alpha value is -3.98. The van der Waals surface area contributed by atoms with Crippen LogP contribution in [0.25, 0.3) is 33.4 Å². The molecule has 5 rings (SSSR count). The second-order valence-corrected chi connectivity index (χ2v) is 9.80. The Morgan fingerprint density at radius 2 is 1.97 bits per heavy atom. The van der Waals surface area contributed by atoms with Crippen LogP contribution in [0, 0.1) is 0 Å². The zero-order valence-electron chi connectivity index (χ0n) is 21.5. The first-order chi connectivity index (χ1) is 17.8. The van der Waals surface area contributed by atoms with E-state index in [4.69, 9.17) is 10.7 Å². The van der Waals surface area contributed by atoms with E-state index in [0.717, 1.165) is 59.8 Å². The van der Waals surface area contributed by atoms with Gasteiger partial charge in [-0.05, 0) is 68.0 Å². The number of aromatic hydroxyl groups is 1. The van der Waals surface area contributed by atoms with Crippen molar-refractivity contribution in [1.29, 1.82) is 0 Å². The SMILES string of the molecule is CCc1cc(-c2cc(-c3cccc(NC(C)=O)c3O)nn2C)cc2cnc(NC3CCC(N)CC3)nc12. The van der Waals surface area contributed by atoms with Crippen LogP contribution in [0.1, 0.15) is 45.1 Å². The van der Waals surface area contributed by atoms with Crippen LogP contribution < -0.4 is 16.4 Å². The van der Waals surface area contributed by atoms with Crippen molar-refractivity contribution in [3.8, 4) is 28.3 Å². The van der Waals surface area contributed by atoms with E-state index in [2.05, 4.69) is 39.8 Å². The Morgan fingerprint density at radius 3 is 2.70 bits per heavy atom. The van der Waals surface area contributed by atoms with Gasteiger partial charge in [0.2, 0.25) is 11.9 Å². The highest BCUT2D eigenvalue weighted by molar-refractivity contribution is 5.93. The summed E-state index contributed by atoms with van der Waals surface area (Å²) in [5, 5.41) is 22.5. The number of amides is 1. The number of fused-ring (bicyclic) bond motifs is 1. The van der Waals surface area contributed by atoms with Crippen molar-refractivity contribution in [3.05, 3.63) is 48.2 Å². The summed E-state index contributed by atoms with van der Waals surface area (Å²) in [7, 11) is 1.88. The van der Waals surface area contributed by atoms with Gasteiger partial charge in [-0.2, -0.15) is 5.10 Å². The lowest BCUT2D eigenvalue weighted by Gasteiger charge is -2.26. The molecular weight excluding hydrogens is 466 g/mol. The quantitative estimate of drug-likeness (QED) is 0.285. The monoisotopic (exact) mass is 499 g/mol. The van der Waals surface area contributed by atoms with Crippen molar-refractivity contribution < 1.29 is 9.90 Å². The molecule has 4 aromatic rings. The van der Waals surface area contributed by atoms with Gasteiger partial charge < -0.3 is 21.5 Å². The van der Waals surface area contributed by atoms with Crippen molar-refractivity contribution in [3.63, 3.8) is 0 Å². The standard InChI is InChI=1S/C28H33N7O2/c1-4-17-12-18(13-19-15-30-28(33-26(17)19)32-21-10-8-20(29)9-11-21)25-14-24(34-35(25)3)22-6-5-7-23(27(22)37)31-16(2)36/h5-7,12-15,20-21,37H,4,8-11,29H2,1-3H3,(H,31,36)(H,30,32,33). The van der Waals surface area contributed by atoms with E-state index in [0.29, 0.717) is 35.0 Å². The minimum atomic E-state index is -0.249. The highest BCUT2D eigenvalue weighted by Crippen LogP contribution is 2.37. The molecule has 1 saturated carbocycles. The van der Waals surface area contributed by atoms with Gasteiger partial charge in [0.25, 0.3) is 0 Å². The molecule has 37 heavy (non-hydrogen) atoms. The first-order valence-electron chi connectivity index (χ1n) is 12.8. The third-order valence-corrected chi connectivity index (χ3v) is 7.05. The highest BCUT2D eigenvalue weighted by atomic mass is 16.3. The topological polar surface area (TPSA) is 131 Å². The number of rotatable bonds is 6. The number of phenols is 1. The van der Waals surface area contributed by atoms with E-state index in [1.165, 1.54) is 6.92 Å². The number of anilines is 2. The Morgan fingerprint density at radius 1 is 1.19 bits per heavy atom. The van der Waals surface area contributed by atoms with E-state index >= 15 is 0 Å². The zero-order chi connectivity index (χ0) is 26.1. The largest absolute Gasteiger partial charge is 0.505 e. The van der Waals surface area contributed by atoms with E-state index in [9.17, 15) is 9.90 Å². The molecule has 0 unspecified atom stereocenters. The summed E-state index contributed by atoms with van der Waals surface area (Å²) in [5.74, 6) is 0.400. The summed E-state index contributed by atoms with van der Waals surface area (Å²) in [6.45, 7) is 3.53. The molecule has 192 valence electrons. The average Bonchev–Trinajstić information content (AvgIpc) is 3.27. The molecule has 2 heterocycles. The van der Waals surface area contributed by atoms with Gasteiger partial charge in [-0.1, -0.05) is 13.0 Å². The second kappa shape index (κ2) is 10.2. The summed E-state index contributed by atoms with van der Waals surface area (Å²) >= 11 is 0. The van der Waals surface area contributed by atoms with Gasteiger partial charge in [-0.15, -0.1) is 0 Å². The second-order valence-electron chi connectivity index (χ2n) is 9.80. The van der Waals surface area contributed by atoms with Crippen LogP contribution in [0.5, 0.6) is 5.75 Å². The molecule has 5 N–H and O–H groups in total. The number of aryl methyl sites for hydroxylation is 2. The Bertz CT molecular complexity index is 1450. The maximum Gasteiger partial charge on any atom is 0.223 e. The Kier molecular flexibility index (Phi) is 6.80. The molecule has 1 aliphatic rings. The molecular formula is C28H33N7O2. The van der Waals surface area contributed by atoms with Gasteiger partial charge in [-0.3, -0.25) is 9.48 Å². The fourth-order valence-electron chi connectivity index (χ4n) is 5.06. The van der Waals surface area contributed by atoms with E-state index in [-0.39, 0.29) is 11.7 Å². The van der Waals surface area contributed by atoms with Crippen LogP contribution in [0.2, 0.25) is 0 Å². The molecule has 0 aliphatic heterocycles. The molecule has 1 amide bonds. The van der Waals surface area contributed by atoms with Crippen LogP contribution >= 0.6 is 0 Å². The number of nitrogens with two attached hydrogens (primary N) is 1.